The highest BCUT2D eigenvalue weighted by molar-refractivity contribution is 9.10. The summed E-state index contributed by atoms with van der Waals surface area (Å²) in [4.78, 5) is 0. The summed E-state index contributed by atoms with van der Waals surface area (Å²) in [6, 6.07) is 12.6. The summed E-state index contributed by atoms with van der Waals surface area (Å²) in [5.41, 5.74) is 7.97. The van der Waals surface area contributed by atoms with Crippen molar-refractivity contribution >= 4 is 15.9 Å². The number of nitrogens with two attached hydrogens (primary N) is 1. The average molecular weight is 338 g/mol. The second-order valence-electron chi connectivity index (χ2n) is 4.59. The van der Waals surface area contributed by atoms with Gasteiger partial charge < -0.3 is 10.5 Å². The number of hydrogen-bond acceptors (Lipinski definition) is 2. The number of hydrogen-bond donors (Lipinski definition) is 1. The number of halogens is 2. The normalized spacial score (nSPS) is 12.2. The number of ether oxygens (including phenoxy) is 1. The van der Waals surface area contributed by atoms with Crippen molar-refractivity contribution in [2.24, 2.45) is 5.73 Å². The van der Waals surface area contributed by atoms with Gasteiger partial charge in [-0.05, 0) is 46.1 Å². The van der Waals surface area contributed by atoms with Gasteiger partial charge in [0, 0.05) is 11.6 Å². The molecule has 2 aromatic carbocycles. The maximum atomic E-state index is 13.2. The fraction of sp³-hybridized carbons (Fsp3) is 0.250. The summed E-state index contributed by atoms with van der Waals surface area (Å²) in [5, 5.41) is 0. The van der Waals surface area contributed by atoms with Crippen LogP contribution >= 0.6 is 15.9 Å². The van der Waals surface area contributed by atoms with E-state index in [9.17, 15) is 4.39 Å². The van der Waals surface area contributed by atoms with Crippen LogP contribution in [-0.2, 0) is 6.61 Å². The minimum absolute atomic E-state index is 0.0360. The van der Waals surface area contributed by atoms with E-state index in [0.717, 1.165) is 23.3 Å². The maximum Gasteiger partial charge on any atom is 0.137 e. The first-order valence-electron chi connectivity index (χ1n) is 6.53. The molecule has 106 valence electrons. The highest BCUT2D eigenvalue weighted by Crippen LogP contribution is 2.26. The van der Waals surface area contributed by atoms with Crippen LogP contribution < -0.4 is 10.5 Å². The molecule has 1 unspecified atom stereocenters. The molecule has 0 saturated carbocycles. The van der Waals surface area contributed by atoms with Crippen LogP contribution in [0, 0.1) is 5.82 Å². The quantitative estimate of drug-likeness (QED) is 0.866. The van der Waals surface area contributed by atoms with Gasteiger partial charge in [0.2, 0.25) is 0 Å². The Morgan fingerprint density at radius 3 is 2.70 bits per heavy atom. The van der Waals surface area contributed by atoms with Gasteiger partial charge in [0.1, 0.15) is 18.2 Å². The van der Waals surface area contributed by atoms with Crippen LogP contribution in [0.4, 0.5) is 4.39 Å². The third-order valence-corrected chi connectivity index (χ3v) is 3.74. The molecule has 0 bridgehead atoms. The van der Waals surface area contributed by atoms with Crippen molar-refractivity contribution in [1.29, 1.82) is 0 Å². The van der Waals surface area contributed by atoms with Crippen LogP contribution in [0.15, 0.2) is 46.9 Å². The molecule has 0 heterocycles. The molecule has 2 nitrogen and oxygen atoms in total. The molecular formula is C16H17BrFNO. The van der Waals surface area contributed by atoms with Crippen molar-refractivity contribution in [3.8, 4) is 5.75 Å². The van der Waals surface area contributed by atoms with Crippen LogP contribution in [0.3, 0.4) is 0 Å². The van der Waals surface area contributed by atoms with Gasteiger partial charge in [-0.2, -0.15) is 0 Å². The minimum Gasteiger partial charge on any atom is -0.489 e. The molecule has 1 atom stereocenters. The van der Waals surface area contributed by atoms with Crippen molar-refractivity contribution in [3.63, 3.8) is 0 Å². The maximum absolute atomic E-state index is 13.2. The Labute approximate surface area is 126 Å². The molecule has 0 saturated heterocycles. The van der Waals surface area contributed by atoms with Gasteiger partial charge >= 0.3 is 0 Å². The molecule has 20 heavy (non-hydrogen) atoms. The SMILES string of the molecule is CCC(N)c1ccccc1OCc1ccc(F)c(Br)c1. The predicted molar refractivity (Wildman–Crippen MR) is 82.1 cm³/mol. The second-order valence-corrected chi connectivity index (χ2v) is 5.44. The molecule has 0 aliphatic carbocycles. The Bertz CT molecular complexity index is 588. The number of benzene rings is 2. The Hall–Kier alpha value is -1.39. The fourth-order valence-electron chi connectivity index (χ4n) is 1.93. The van der Waals surface area contributed by atoms with Gasteiger partial charge in [-0.3, -0.25) is 0 Å². The fourth-order valence-corrected chi connectivity index (χ4v) is 2.35. The lowest BCUT2D eigenvalue weighted by Crippen LogP contribution is -2.10. The smallest absolute Gasteiger partial charge is 0.137 e. The molecule has 2 aromatic rings. The Morgan fingerprint density at radius 1 is 1.25 bits per heavy atom. The molecular weight excluding hydrogens is 321 g/mol. The standard InChI is InChI=1S/C16H17BrFNO/c1-2-15(19)12-5-3-4-6-16(12)20-10-11-7-8-14(18)13(17)9-11/h3-9,15H,2,10,19H2,1H3. The Balaban J connectivity index is 2.12. The van der Waals surface area contributed by atoms with E-state index < -0.39 is 0 Å². The van der Waals surface area contributed by atoms with E-state index in [1.807, 2.05) is 31.2 Å². The molecule has 4 heteroatoms. The van der Waals surface area contributed by atoms with E-state index in [4.69, 9.17) is 10.5 Å². The summed E-state index contributed by atoms with van der Waals surface area (Å²) in [5.74, 6) is 0.504. The highest BCUT2D eigenvalue weighted by Gasteiger charge is 2.10. The monoisotopic (exact) mass is 337 g/mol. The van der Waals surface area contributed by atoms with E-state index in [2.05, 4.69) is 15.9 Å². The van der Waals surface area contributed by atoms with Crippen molar-refractivity contribution < 1.29 is 9.13 Å². The molecule has 0 radical (unpaired) electrons. The van der Waals surface area contributed by atoms with Gasteiger partial charge in [0.15, 0.2) is 0 Å². The van der Waals surface area contributed by atoms with E-state index in [0.29, 0.717) is 11.1 Å². The number of para-hydroxylation sites is 1. The summed E-state index contributed by atoms with van der Waals surface area (Å²) >= 11 is 3.17. The first-order chi connectivity index (χ1) is 9.61. The Morgan fingerprint density at radius 2 is 2.00 bits per heavy atom. The van der Waals surface area contributed by atoms with Gasteiger partial charge in [0.25, 0.3) is 0 Å². The Kier molecular flexibility index (Phi) is 5.15. The van der Waals surface area contributed by atoms with E-state index in [1.165, 1.54) is 6.07 Å². The molecule has 0 aliphatic rings. The largest absolute Gasteiger partial charge is 0.489 e. The van der Waals surface area contributed by atoms with Crippen LogP contribution in [-0.4, -0.2) is 0 Å². The molecule has 0 fully saturated rings. The summed E-state index contributed by atoms with van der Waals surface area (Å²) in [6.07, 6.45) is 0.850. The zero-order chi connectivity index (χ0) is 14.5. The predicted octanol–water partition coefficient (Wildman–Crippen LogP) is 4.58. The van der Waals surface area contributed by atoms with E-state index in [1.54, 1.807) is 12.1 Å². The minimum atomic E-state index is -0.276. The van der Waals surface area contributed by atoms with Crippen molar-refractivity contribution in [3.05, 3.63) is 63.9 Å². The molecule has 2 rings (SSSR count). The molecule has 2 N–H and O–H groups in total. The summed E-state index contributed by atoms with van der Waals surface area (Å²) in [6.45, 7) is 2.42. The lowest BCUT2D eigenvalue weighted by atomic mass is 10.0. The first kappa shape index (κ1) is 15.0. The molecule has 0 spiro atoms. The van der Waals surface area contributed by atoms with E-state index in [-0.39, 0.29) is 11.9 Å². The van der Waals surface area contributed by atoms with Gasteiger partial charge in [-0.15, -0.1) is 0 Å². The number of rotatable bonds is 5. The van der Waals surface area contributed by atoms with Crippen molar-refractivity contribution in [2.45, 2.75) is 26.0 Å². The van der Waals surface area contributed by atoms with Gasteiger partial charge in [0.05, 0.1) is 4.47 Å². The third-order valence-electron chi connectivity index (χ3n) is 3.14. The topological polar surface area (TPSA) is 35.2 Å². The zero-order valence-electron chi connectivity index (χ0n) is 11.3. The van der Waals surface area contributed by atoms with E-state index >= 15 is 0 Å². The lowest BCUT2D eigenvalue weighted by molar-refractivity contribution is 0.300. The van der Waals surface area contributed by atoms with Crippen LogP contribution in [0.25, 0.3) is 0 Å². The second kappa shape index (κ2) is 6.86. The van der Waals surface area contributed by atoms with Crippen LogP contribution in [0.5, 0.6) is 5.75 Å². The lowest BCUT2D eigenvalue weighted by Gasteiger charge is -2.15. The average Bonchev–Trinajstić information content (AvgIpc) is 2.48. The summed E-state index contributed by atoms with van der Waals surface area (Å²) < 4.78 is 19.4. The van der Waals surface area contributed by atoms with Crippen molar-refractivity contribution in [2.75, 3.05) is 0 Å². The molecule has 0 aliphatic heterocycles. The van der Waals surface area contributed by atoms with Gasteiger partial charge in [-0.25, -0.2) is 4.39 Å². The van der Waals surface area contributed by atoms with Crippen LogP contribution in [0.2, 0.25) is 0 Å². The third kappa shape index (κ3) is 3.58. The van der Waals surface area contributed by atoms with Crippen molar-refractivity contribution in [1.82, 2.24) is 0 Å². The van der Waals surface area contributed by atoms with Gasteiger partial charge in [-0.1, -0.05) is 31.2 Å². The zero-order valence-corrected chi connectivity index (χ0v) is 12.9. The van der Waals surface area contributed by atoms with Crippen LogP contribution in [0.1, 0.15) is 30.5 Å². The first-order valence-corrected chi connectivity index (χ1v) is 7.32. The molecule has 0 amide bonds. The highest BCUT2D eigenvalue weighted by atomic mass is 79.9. The molecule has 0 aromatic heterocycles. The summed E-state index contributed by atoms with van der Waals surface area (Å²) in [7, 11) is 0.